The summed E-state index contributed by atoms with van der Waals surface area (Å²) in [6, 6.07) is 0.633. The molecule has 118 valence electrons. The zero-order chi connectivity index (χ0) is 14.8. The second-order valence-electron chi connectivity index (χ2n) is 5.67. The van der Waals surface area contributed by atoms with Gasteiger partial charge in [-0.25, -0.2) is 0 Å². The Morgan fingerprint density at radius 2 is 2.00 bits per heavy atom. The van der Waals surface area contributed by atoms with Gasteiger partial charge in [-0.15, -0.1) is 0 Å². The third-order valence-electron chi connectivity index (χ3n) is 3.78. The van der Waals surface area contributed by atoms with Crippen LogP contribution in [-0.2, 0) is 9.53 Å². The van der Waals surface area contributed by atoms with E-state index in [-0.39, 0.29) is 12.0 Å². The maximum Gasteiger partial charge on any atom is 0.323 e. The van der Waals surface area contributed by atoms with E-state index in [1.807, 2.05) is 6.92 Å². The molecule has 0 aromatic heterocycles. The maximum atomic E-state index is 12.0. The third kappa shape index (κ3) is 6.71. The summed E-state index contributed by atoms with van der Waals surface area (Å²) < 4.78 is 5.17. The molecule has 0 saturated heterocycles. The number of unbranched alkanes of at least 4 members (excludes halogenated alkanes) is 1. The molecule has 1 aliphatic rings. The number of carbonyl (C=O) groups excluding carboxylic acids is 1. The van der Waals surface area contributed by atoms with E-state index in [0.717, 1.165) is 32.0 Å². The summed E-state index contributed by atoms with van der Waals surface area (Å²) in [6.07, 6.45) is 7.05. The van der Waals surface area contributed by atoms with Gasteiger partial charge in [-0.1, -0.05) is 20.3 Å². The molecule has 4 heteroatoms. The molecule has 0 aliphatic heterocycles. The Bertz CT molecular complexity index is 267. The van der Waals surface area contributed by atoms with E-state index >= 15 is 0 Å². The van der Waals surface area contributed by atoms with Crippen molar-refractivity contribution >= 4 is 5.97 Å². The van der Waals surface area contributed by atoms with Crippen molar-refractivity contribution in [3.63, 3.8) is 0 Å². The van der Waals surface area contributed by atoms with Crippen molar-refractivity contribution in [3.8, 4) is 0 Å². The third-order valence-corrected chi connectivity index (χ3v) is 3.78. The first kappa shape index (κ1) is 17.4. The number of hydrogen-bond donors (Lipinski definition) is 1. The summed E-state index contributed by atoms with van der Waals surface area (Å²) in [5.74, 6) is -0.0906. The van der Waals surface area contributed by atoms with Crippen LogP contribution < -0.4 is 5.32 Å². The van der Waals surface area contributed by atoms with Gasteiger partial charge in [0, 0.05) is 12.6 Å². The van der Waals surface area contributed by atoms with Gasteiger partial charge >= 0.3 is 5.97 Å². The van der Waals surface area contributed by atoms with Crippen LogP contribution in [0.2, 0.25) is 0 Å². The minimum absolute atomic E-state index is 0.0906. The van der Waals surface area contributed by atoms with Crippen molar-refractivity contribution in [2.24, 2.45) is 0 Å². The van der Waals surface area contributed by atoms with Gasteiger partial charge in [-0.05, 0) is 52.1 Å². The smallest absolute Gasteiger partial charge is 0.323 e. The zero-order valence-corrected chi connectivity index (χ0v) is 13.5. The van der Waals surface area contributed by atoms with E-state index in [1.54, 1.807) is 0 Å². The van der Waals surface area contributed by atoms with Crippen LogP contribution in [0.3, 0.4) is 0 Å². The number of nitrogens with one attached hydrogen (secondary N) is 1. The van der Waals surface area contributed by atoms with Gasteiger partial charge in [0.2, 0.25) is 0 Å². The number of rotatable bonds is 12. The average Bonchev–Trinajstić information content (AvgIpc) is 3.26. The lowest BCUT2D eigenvalue weighted by molar-refractivity contribution is -0.146. The van der Waals surface area contributed by atoms with Crippen molar-refractivity contribution in [2.75, 3.05) is 26.2 Å². The standard InChI is InChI=1S/C16H32N2O2/c1-4-7-12-18(14-8-9-14)13-10-15(17-11-5-2)16(19)20-6-3/h14-15,17H,4-13H2,1-3H3. The zero-order valence-electron chi connectivity index (χ0n) is 13.5. The Kier molecular flexibility index (Phi) is 8.86. The SMILES string of the molecule is CCCCN(CCC(NCCC)C(=O)OCC)C1CC1. The highest BCUT2D eigenvalue weighted by Crippen LogP contribution is 2.27. The first-order chi connectivity index (χ1) is 9.72. The fourth-order valence-corrected chi connectivity index (χ4v) is 2.44. The molecule has 1 atom stereocenters. The van der Waals surface area contributed by atoms with Gasteiger partial charge in [0.15, 0.2) is 0 Å². The summed E-state index contributed by atoms with van der Waals surface area (Å²) in [4.78, 5) is 14.5. The topological polar surface area (TPSA) is 41.6 Å². The number of esters is 1. The van der Waals surface area contributed by atoms with E-state index in [2.05, 4.69) is 24.1 Å². The minimum atomic E-state index is -0.141. The first-order valence-electron chi connectivity index (χ1n) is 8.36. The Labute approximate surface area is 124 Å². The fourth-order valence-electron chi connectivity index (χ4n) is 2.44. The fraction of sp³-hybridized carbons (Fsp3) is 0.938. The summed E-state index contributed by atoms with van der Waals surface area (Å²) >= 11 is 0. The van der Waals surface area contributed by atoms with Crippen LogP contribution in [0.15, 0.2) is 0 Å². The van der Waals surface area contributed by atoms with Crippen molar-refractivity contribution in [3.05, 3.63) is 0 Å². The van der Waals surface area contributed by atoms with Crippen molar-refractivity contribution < 1.29 is 9.53 Å². The molecule has 0 bridgehead atoms. The highest BCUT2D eigenvalue weighted by molar-refractivity contribution is 5.75. The summed E-state index contributed by atoms with van der Waals surface area (Å²) in [5.41, 5.74) is 0. The van der Waals surface area contributed by atoms with Crippen LogP contribution in [-0.4, -0.2) is 49.2 Å². The number of carbonyl (C=O) groups is 1. The first-order valence-corrected chi connectivity index (χ1v) is 8.36. The number of hydrogen-bond acceptors (Lipinski definition) is 4. The largest absolute Gasteiger partial charge is 0.465 e. The van der Waals surface area contributed by atoms with Crippen LogP contribution in [0.4, 0.5) is 0 Å². The van der Waals surface area contributed by atoms with Gasteiger partial charge in [-0.2, -0.15) is 0 Å². The molecular weight excluding hydrogens is 252 g/mol. The summed E-state index contributed by atoms with van der Waals surface area (Å²) in [5, 5.41) is 3.32. The van der Waals surface area contributed by atoms with Crippen LogP contribution in [0.25, 0.3) is 0 Å². The Morgan fingerprint density at radius 1 is 1.25 bits per heavy atom. The number of ether oxygens (including phenoxy) is 1. The van der Waals surface area contributed by atoms with E-state index in [4.69, 9.17) is 4.74 Å². The van der Waals surface area contributed by atoms with E-state index < -0.39 is 0 Å². The molecule has 0 radical (unpaired) electrons. The second kappa shape index (κ2) is 10.2. The summed E-state index contributed by atoms with van der Waals surface area (Å²) in [7, 11) is 0. The molecule has 1 N–H and O–H groups in total. The van der Waals surface area contributed by atoms with Gasteiger partial charge in [0.25, 0.3) is 0 Å². The normalized spacial score (nSPS) is 16.4. The quantitative estimate of drug-likeness (QED) is 0.559. The van der Waals surface area contributed by atoms with Gasteiger partial charge in [0.05, 0.1) is 6.61 Å². The minimum Gasteiger partial charge on any atom is -0.465 e. The van der Waals surface area contributed by atoms with Gasteiger partial charge in [-0.3, -0.25) is 4.79 Å². The Balaban J connectivity index is 2.39. The highest BCUT2D eigenvalue weighted by atomic mass is 16.5. The highest BCUT2D eigenvalue weighted by Gasteiger charge is 2.29. The van der Waals surface area contributed by atoms with Crippen LogP contribution >= 0.6 is 0 Å². The summed E-state index contributed by atoms with van der Waals surface area (Å²) in [6.45, 7) is 9.73. The van der Waals surface area contributed by atoms with Crippen LogP contribution in [0.5, 0.6) is 0 Å². The predicted octanol–water partition coefficient (Wildman–Crippen LogP) is 2.57. The average molecular weight is 284 g/mol. The Morgan fingerprint density at radius 3 is 2.55 bits per heavy atom. The molecular formula is C16H32N2O2. The molecule has 1 saturated carbocycles. The maximum absolute atomic E-state index is 12.0. The van der Waals surface area contributed by atoms with Gasteiger partial charge in [0.1, 0.15) is 6.04 Å². The predicted molar refractivity (Wildman–Crippen MR) is 82.8 cm³/mol. The molecule has 0 heterocycles. The van der Waals surface area contributed by atoms with E-state index in [1.165, 1.54) is 32.2 Å². The monoisotopic (exact) mass is 284 g/mol. The van der Waals surface area contributed by atoms with Gasteiger partial charge < -0.3 is 15.0 Å². The lowest BCUT2D eigenvalue weighted by Crippen LogP contribution is -2.42. The van der Waals surface area contributed by atoms with Crippen molar-refractivity contribution in [1.29, 1.82) is 0 Å². The lowest BCUT2D eigenvalue weighted by atomic mass is 10.1. The molecule has 4 nitrogen and oxygen atoms in total. The molecule has 0 aromatic carbocycles. The Hall–Kier alpha value is -0.610. The van der Waals surface area contributed by atoms with E-state index in [0.29, 0.717) is 6.61 Å². The van der Waals surface area contributed by atoms with E-state index in [9.17, 15) is 4.79 Å². The second-order valence-corrected chi connectivity index (χ2v) is 5.67. The van der Waals surface area contributed by atoms with Crippen molar-refractivity contribution in [1.82, 2.24) is 10.2 Å². The van der Waals surface area contributed by atoms with Crippen LogP contribution in [0.1, 0.15) is 59.3 Å². The molecule has 1 aliphatic carbocycles. The number of nitrogens with zero attached hydrogens (tertiary/aromatic N) is 1. The molecule has 1 fully saturated rings. The van der Waals surface area contributed by atoms with Crippen LogP contribution in [0, 0.1) is 0 Å². The molecule has 1 rings (SSSR count). The van der Waals surface area contributed by atoms with Crippen molar-refractivity contribution in [2.45, 2.75) is 71.4 Å². The molecule has 1 unspecified atom stereocenters. The molecule has 0 aromatic rings. The molecule has 0 amide bonds. The lowest BCUT2D eigenvalue weighted by Gasteiger charge is -2.24. The molecule has 20 heavy (non-hydrogen) atoms. The molecule has 0 spiro atoms.